The normalized spacial score (nSPS) is 9.95. The van der Waals surface area contributed by atoms with Crippen LogP contribution in [0.4, 0.5) is 0 Å². The Balaban J connectivity index is 3.06. The minimum absolute atomic E-state index is 0.136. The molecule has 1 aromatic carbocycles. The molecule has 2 amide bonds. The molecule has 4 N–H and O–H groups in total. The van der Waals surface area contributed by atoms with Gasteiger partial charge in [-0.15, -0.1) is 0 Å². The van der Waals surface area contributed by atoms with E-state index in [1.807, 2.05) is 13.8 Å². The molecule has 0 spiro atoms. The topological polar surface area (TPSA) is 89.4 Å². The lowest BCUT2D eigenvalue weighted by molar-refractivity contribution is -0.119. The number of carbonyl (C=O) groups is 2. The summed E-state index contributed by atoms with van der Waals surface area (Å²) < 4.78 is 0. The Kier molecular flexibility index (Phi) is 6.22. The van der Waals surface area contributed by atoms with Gasteiger partial charge in [0.05, 0.1) is 18.1 Å². The molecule has 0 atom stereocenters. The maximum absolute atomic E-state index is 12.4. The van der Waals surface area contributed by atoms with Gasteiger partial charge in [0, 0.05) is 17.2 Å². The molecule has 0 radical (unpaired) electrons. The lowest BCUT2D eigenvalue weighted by Crippen LogP contribution is -2.42. The van der Waals surface area contributed by atoms with Gasteiger partial charge in [0.2, 0.25) is 5.91 Å². The molecule has 112 valence electrons. The van der Waals surface area contributed by atoms with E-state index in [4.69, 9.17) is 23.1 Å². The smallest absolute Gasteiger partial charge is 0.254 e. The van der Waals surface area contributed by atoms with E-state index in [-0.39, 0.29) is 25.0 Å². The van der Waals surface area contributed by atoms with Crippen molar-refractivity contribution in [1.29, 1.82) is 0 Å². The van der Waals surface area contributed by atoms with Crippen LogP contribution >= 0.6 is 11.6 Å². The van der Waals surface area contributed by atoms with Crippen molar-refractivity contribution in [2.24, 2.45) is 11.5 Å². The fourth-order valence-corrected chi connectivity index (χ4v) is 1.95. The fourth-order valence-electron chi connectivity index (χ4n) is 1.72. The molecule has 0 unspecified atom stereocenters. The zero-order chi connectivity index (χ0) is 16.0. The molecule has 5 nitrogen and oxygen atoms in total. The molecular formula is C15H18ClN3O2. The number of benzene rings is 1. The van der Waals surface area contributed by atoms with Crippen molar-refractivity contribution < 1.29 is 9.59 Å². The fraction of sp³-hybridized carbons (Fsp3) is 0.333. The van der Waals surface area contributed by atoms with Gasteiger partial charge in [0.25, 0.3) is 5.91 Å². The second kappa shape index (κ2) is 7.67. The van der Waals surface area contributed by atoms with Gasteiger partial charge in [-0.3, -0.25) is 9.59 Å². The van der Waals surface area contributed by atoms with Crippen molar-refractivity contribution in [2.45, 2.75) is 19.9 Å². The number of amides is 2. The molecule has 1 rings (SSSR count). The summed E-state index contributed by atoms with van der Waals surface area (Å²) in [6, 6.07) is 4.65. The van der Waals surface area contributed by atoms with E-state index >= 15 is 0 Å². The van der Waals surface area contributed by atoms with E-state index in [0.717, 1.165) is 0 Å². The predicted molar refractivity (Wildman–Crippen MR) is 82.8 cm³/mol. The molecule has 21 heavy (non-hydrogen) atoms. The summed E-state index contributed by atoms with van der Waals surface area (Å²) in [5, 5.41) is 0.365. The average Bonchev–Trinajstić information content (AvgIpc) is 2.42. The van der Waals surface area contributed by atoms with Crippen molar-refractivity contribution in [3.05, 3.63) is 34.3 Å². The number of carbonyl (C=O) groups excluding carboxylic acids is 2. The summed E-state index contributed by atoms with van der Waals surface area (Å²) in [6.07, 6.45) is 0. The third kappa shape index (κ3) is 4.78. The molecule has 0 aliphatic heterocycles. The van der Waals surface area contributed by atoms with E-state index in [0.29, 0.717) is 16.1 Å². The molecule has 1 aromatic rings. The first-order valence-corrected chi connectivity index (χ1v) is 6.82. The highest BCUT2D eigenvalue weighted by atomic mass is 35.5. The molecule has 0 bridgehead atoms. The number of rotatable bonds is 4. The molecule has 0 aromatic heterocycles. The zero-order valence-electron chi connectivity index (χ0n) is 12.0. The lowest BCUT2D eigenvalue weighted by Gasteiger charge is -2.25. The average molecular weight is 308 g/mol. The van der Waals surface area contributed by atoms with Crippen molar-refractivity contribution in [1.82, 2.24) is 4.90 Å². The summed E-state index contributed by atoms with van der Waals surface area (Å²) in [5.41, 5.74) is 11.5. The van der Waals surface area contributed by atoms with Gasteiger partial charge < -0.3 is 16.4 Å². The van der Waals surface area contributed by atoms with Gasteiger partial charge in [-0.25, -0.2) is 0 Å². The largest absolute Gasteiger partial charge is 0.368 e. The van der Waals surface area contributed by atoms with Crippen LogP contribution in [-0.2, 0) is 4.79 Å². The van der Waals surface area contributed by atoms with Crippen LogP contribution in [0.2, 0.25) is 5.02 Å². The van der Waals surface area contributed by atoms with Gasteiger partial charge in [0.15, 0.2) is 0 Å². The highest BCUT2D eigenvalue weighted by Crippen LogP contribution is 2.19. The van der Waals surface area contributed by atoms with Crippen molar-refractivity contribution in [3.63, 3.8) is 0 Å². The van der Waals surface area contributed by atoms with Crippen LogP contribution in [0.25, 0.3) is 0 Å². The number of primary amides is 1. The second-order valence-corrected chi connectivity index (χ2v) is 5.10. The Morgan fingerprint density at radius 3 is 2.52 bits per heavy atom. The third-order valence-electron chi connectivity index (χ3n) is 2.75. The molecule has 0 aliphatic carbocycles. The Morgan fingerprint density at radius 2 is 2.05 bits per heavy atom. The lowest BCUT2D eigenvalue weighted by atomic mass is 10.1. The van der Waals surface area contributed by atoms with Crippen LogP contribution in [0.15, 0.2) is 18.2 Å². The summed E-state index contributed by atoms with van der Waals surface area (Å²) >= 11 is 6.09. The van der Waals surface area contributed by atoms with E-state index in [1.165, 1.54) is 11.0 Å². The van der Waals surface area contributed by atoms with Crippen molar-refractivity contribution >= 4 is 23.4 Å². The van der Waals surface area contributed by atoms with Crippen molar-refractivity contribution in [2.75, 3.05) is 13.1 Å². The van der Waals surface area contributed by atoms with E-state index in [1.54, 1.807) is 12.1 Å². The van der Waals surface area contributed by atoms with Crippen LogP contribution in [0.5, 0.6) is 0 Å². The molecule has 0 saturated carbocycles. The Labute approximate surface area is 129 Å². The number of hydrogen-bond donors (Lipinski definition) is 2. The minimum atomic E-state index is -0.562. The molecule has 0 aliphatic rings. The zero-order valence-corrected chi connectivity index (χ0v) is 12.8. The quantitative estimate of drug-likeness (QED) is 0.813. The van der Waals surface area contributed by atoms with E-state index < -0.39 is 5.91 Å². The first-order valence-electron chi connectivity index (χ1n) is 6.44. The van der Waals surface area contributed by atoms with Crippen molar-refractivity contribution in [3.8, 4) is 11.8 Å². The predicted octanol–water partition coefficient (Wildman–Crippen LogP) is 0.986. The number of nitrogens with two attached hydrogens (primary N) is 2. The van der Waals surface area contributed by atoms with Crippen LogP contribution in [0.1, 0.15) is 29.8 Å². The number of nitrogens with zero attached hydrogens (tertiary/aromatic N) is 1. The van der Waals surface area contributed by atoms with E-state index in [9.17, 15) is 9.59 Å². The molecular weight excluding hydrogens is 290 g/mol. The first-order chi connectivity index (χ1) is 9.86. The molecule has 0 fully saturated rings. The SMILES string of the molecule is CC(C)N(CC(N)=O)C(=O)c1ccc(C#CCN)c(Cl)c1. The third-order valence-corrected chi connectivity index (χ3v) is 3.06. The van der Waals surface area contributed by atoms with Gasteiger partial charge >= 0.3 is 0 Å². The molecule has 0 heterocycles. The van der Waals surface area contributed by atoms with Crippen LogP contribution in [0.3, 0.4) is 0 Å². The van der Waals surface area contributed by atoms with Gasteiger partial charge in [-0.1, -0.05) is 23.4 Å². The number of halogens is 1. The summed E-state index contributed by atoms with van der Waals surface area (Å²) in [7, 11) is 0. The maximum atomic E-state index is 12.4. The summed E-state index contributed by atoms with van der Waals surface area (Å²) in [4.78, 5) is 24.9. The van der Waals surface area contributed by atoms with Crippen LogP contribution in [-0.4, -0.2) is 35.8 Å². The highest BCUT2D eigenvalue weighted by Gasteiger charge is 2.21. The van der Waals surface area contributed by atoms with E-state index in [2.05, 4.69) is 11.8 Å². The summed E-state index contributed by atoms with van der Waals surface area (Å²) in [5.74, 6) is 4.65. The van der Waals surface area contributed by atoms with Gasteiger partial charge in [0.1, 0.15) is 0 Å². The first kappa shape index (κ1) is 17.0. The van der Waals surface area contributed by atoms with Gasteiger partial charge in [-0.05, 0) is 32.0 Å². The minimum Gasteiger partial charge on any atom is -0.368 e. The second-order valence-electron chi connectivity index (χ2n) is 4.69. The van der Waals surface area contributed by atoms with Crippen LogP contribution < -0.4 is 11.5 Å². The molecule has 0 saturated heterocycles. The Hall–Kier alpha value is -2.03. The molecule has 6 heteroatoms. The van der Waals surface area contributed by atoms with Gasteiger partial charge in [-0.2, -0.15) is 0 Å². The summed E-state index contributed by atoms with van der Waals surface area (Å²) in [6.45, 7) is 3.71. The monoisotopic (exact) mass is 307 g/mol. The Bertz CT molecular complexity index is 603. The highest BCUT2D eigenvalue weighted by molar-refractivity contribution is 6.32. The Morgan fingerprint density at radius 1 is 1.38 bits per heavy atom. The van der Waals surface area contributed by atoms with Crippen LogP contribution in [0, 0.1) is 11.8 Å². The number of hydrogen-bond acceptors (Lipinski definition) is 3. The maximum Gasteiger partial charge on any atom is 0.254 e. The standard InChI is InChI=1S/C15H18ClN3O2/c1-10(2)19(9-14(18)20)15(21)12-6-5-11(4-3-7-17)13(16)8-12/h5-6,8,10H,7,9,17H2,1-2H3,(H2,18,20).